The van der Waals surface area contributed by atoms with Crippen molar-refractivity contribution in [2.45, 2.75) is 65.1 Å². The Balaban J connectivity index is 1.84. The van der Waals surface area contributed by atoms with Crippen molar-refractivity contribution < 1.29 is 9.22 Å². The largest absolute Gasteiger partial charge is 0.417 e. The molecule has 0 bridgehead atoms. The van der Waals surface area contributed by atoms with E-state index in [2.05, 4.69) is 39.9 Å². The molecule has 0 aromatic heterocycles. The lowest BCUT2D eigenvalue weighted by Gasteiger charge is -2.42. The van der Waals surface area contributed by atoms with Gasteiger partial charge in [0.05, 0.1) is 0 Å². The summed E-state index contributed by atoms with van der Waals surface area (Å²) in [6.45, 7) is 14.4. The monoisotopic (exact) mass is 306 g/mol. The molecule has 2 aliphatic carbocycles. The molecule has 0 N–H and O–H groups in total. The maximum absolute atomic E-state index is 11.8. The van der Waals surface area contributed by atoms with E-state index in [-0.39, 0.29) is 5.04 Å². The normalized spacial score (nSPS) is 27.0. The molecule has 1 fully saturated rings. The van der Waals surface area contributed by atoms with Crippen molar-refractivity contribution in [3.63, 3.8) is 0 Å². The molecule has 0 unspecified atom stereocenters. The second-order valence-corrected chi connectivity index (χ2v) is 13.0. The minimum Gasteiger partial charge on any atom is -0.417 e. The number of allylic oxidation sites excluding steroid dienone is 4. The lowest BCUT2D eigenvalue weighted by atomic mass is 9.69. The number of Topliss-reactive ketones (excluding diaryl/α,β-unsaturated/α-hetero) is 1. The zero-order valence-corrected chi connectivity index (χ0v) is 15.5. The summed E-state index contributed by atoms with van der Waals surface area (Å²) in [5.41, 5.74) is 2.28. The molecule has 21 heavy (non-hydrogen) atoms. The highest BCUT2D eigenvalue weighted by atomic mass is 28.4. The zero-order chi connectivity index (χ0) is 15.8. The third-order valence-corrected chi connectivity index (χ3v) is 10.1. The van der Waals surface area contributed by atoms with Crippen molar-refractivity contribution >= 4 is 14.1 Å². The van der Waals surface area contributed by atoms with E-state index in [1.54, 1.807) is 0 Å². The molecule has 0 aliphatic heterocycles. The van der Waals surface area contributed by atoms with E-state index in [9.17, 15) is 4.79 Å². The van der Waals surface area contributed by atoms with Crippen molar-refractivity contribution in [3.8, 4) is 0 Å². The molecular weight excluding hydrogens is 276 g/mol. The molecule has 118 valence electrons. The minimum atomic E-state index is -1.62. The maximum Gasteiger partial charge on any atom is 0.191 e. The molecule has 1 saturated carbocycles. The summed E-state index contributed by atoms with van der Waals surface area (Å²) in [6, 6.07) is 0. The average Bonchev–Trinajstić information content (AvgIpc) is 2.30. The van der Waals surface area contributed by atoms with Crippen molar-refractivity contribution in [2.24, 2.45) is 11.8 Å². The first-order valence-corrected chi connectivity index (χ1v) is 11.1. The van der Waals surface area contributed by atoms with Gasteiger partial charge in [-0.1, -0.05) is 32.9 Å². The smallest absolute Gasteiger partial charge is 0.191 e. The van der Waals surface area contributed by atoms with Gasteiger partial charge < -0.3 is 4.43 Å². The predicted octanol–water partition coefficient (Wildman–Crippen LogP) is 4.88. The molecule has 0 heterocycles. The van der Waals surface area contributed by atoms with E-state index in [0.29, 0.717) is 24.0 Å². The third-order valence-electron chi connectivity index (χ3n) is 5.61. The van der Waals surface area contributed by atoms with Crippen LogP contribution < -0.4 is 0 Å². The lowest BCUT2D eigenvalue weighted by molar-refractivity contribution is -0.114. The van der Waals surface area contributed by atoms with Gasteiger partial charge in [-0.3, -0.25) is 4.79 Å². The predicted molar refractivity (Wildman–Crippen MR) is 90.8 cm³/mol. The van der Waals surface area contributed by atoms with Crippen LogP contribution in [0.1, 0.15) is 47.0 Å². The summed E-state index contributed by atoms with van der Waals surface area (Å²) >= 11 is 0. The van der Waals surface area contributed by atoms with Crippen LogP contribution in [0.2, 0.25) is 18.1 Å². The van der Waals surface area contributed by atoms with E-state index < -0.39 is 8.32 Å². The Hall–Kier alpha value is -0.673. The Morgan fingerprint density at radius 3 is 2.48 bits per heavy atom. The summed E-state index contributed by atoms with van der Waals surface area (Å²) in [5, 5.41) is 0.286. The number of ketones is 1. The molecule has 0 saturated heterocycles. The van der Waals surface area contributed by atoms with E-state index >= 15 is 0 Å². The number of carbonyl (C=O) groups is 1. The lowest BCUT2D eigenvalue weighted by Crippen LogP contribution is -2.43. The van der Waals surface area contributed by atoms with Crippen LogP contribution in [0.5, 0.6) is 0 Å². The second-order valence-electron chi connectivity index (χ2n) is 8.22. The van der Waals surface area contributed by atoms with Gasteiger partial charge in [0, 0.05) is 13.0 Å². The summed E-state index contributed by atoms with van der Waals surface area (Å²) in [6.07, 6.45) is 7.13. The number of hydrogen-bond acceptors (Lipinski definition) is 2. The van der Waals surface area contributed by atoms with Crippen LogP contribution in [-0.2, 0) is 9.22 Å². The van der Waals surface area contributed by atoms with Gasteiger partial charge >= 0.3 is 0 Å². The number of hydrogen-bond donors (Lipinski definition) is 0. The van der Waals surface area contributed by atoms with Crippen LogP contribution in [0, 0.1) is 11.8 Å². The van der Waals surface area contributed by atoms with Gasteiger partial charge in [0.1, 0.15) is 0 Å². The molecule has 2 aliphatic rings. The second kappa shape index (κ2) is 5.84. The molecule has 0 amide bonds. The van der Waals surface area contributed by atoms with Crippen LogP contribution in [0.3, 0.4) is 0 Å². The van der Waals surface area contributed by atoms with Crippen molar-refractivity contribution in [1.82, 2.24) is 0 Å². The van der Waals surface area contributed by atoms with E-state index in [0.717, 1.165) is 12.2 Å². The number of rotatable bonds is 4. The SMILES string of the molecule is CC1=C(C2CC(CO[Si](C)(C)C(C)(C)C)C2)C=CCC1=O. The Kier molecular flexibility index (Phi) is 4.65. The highest BCUT2D eigenvalue weighted by Crippen LogP contribution is 2.43. The summed E-state index contributed by atoms with van der Waals surface area (Å²) in [4.78, 5) is 11.8. The fourth-order valence-corrected chi connectivity index (χ4v) is 3.93. The Morgan fingerprint density at radius 1 is 1.29 bits per heavy atom. The van der Waals surface area contributed by atoms with Crippen LogP contribution >= 0.6 is 0 Å². The molecular formula is C18H30O2Si. The van der Waals surface area contributed by atoms with Gasteiger partial charge in [-0.05, 0) is 60.9 Å². The van der Waals surface area contributed by atoms with Crippen LogP contribution in [0.4, 0.5) is 0 Å². The topological polar surface area (TPSA) is 26.3 Å². The van der Waals surface area contributed by atoms with E-state index in [1.165, 1.54) is 18.4 Å². The van der Waals surface area contributed by atoms with Gasteiger partial charge in [-0.25, -0.2) is 0 Å². The summed E-state index contributed by atoms with van der Waals surface area (Å²) < 4.78 is 6.32. The molecule has 0 spiro atoms. The van der Waals surface area contributed by atoms with Crippen molar-refractivity contribution in [3.05, 3.63) is 23.3 Å². The standard InChI is InChI=1S/C18H30O2Si/c1-13-16(8-7-9-17(13)19)15-10-14(11-15)12-20-21(5,6)18(2,3)4/h7-8,14-15H,9-12H2,1-6H3. The summed E-state index contributed by atoms with van der Waals surface area (Å²) in [7, 11) is -1.62. The Morgan fingerprint density at radius 2 is 1.90 bits per heavy atom. The molecule has 2 nitrogen and oxygen atoms in total. The van der Waals surface area contributed by atoms with E-state index in [1.807, 2.05) is 13.0 Å². The fourth-order valence-electron chi connectivity index (χ4n) is 2.84. The minimum absolute atomic E-state index is 0.286. The zero-order valence-electron chi connectivity index (χ0n) is 14.5. The van der Waals surface area contributed by atoms with Crippen LogP contribution in [0.15, 0.2) is 23.3 Å². The molecule has 0 aromatic carbocycles. The third kappa shape index (κ3) is 3.57. The molecule has 0 aromatic rings. The highest BCUT2D eigenvalue weighted by Gasteiger charge is 2.39. The van der Waals surface area contributed by atoms with Crippen molar-refractivity contribution in [2.75, 3.05) is 6.61 Å². The first-order chi connectivity index (χ1) is 9.62. The summed E-state index contributed by atoms with van der Waals surface area (Å²) in [5.74, 6) is 1.56. The van der Waals surface area contributed by atoms with Gasteiger partial charge in [-0.15, -0.1) is 0 Å². The number of carbonyl (C=O) groups excluding carboxylic acids is 1. The fraction of sp³-hybridized carbons (Fsp3) is 0.722. The Bertz CT molecular complexity index is 474. The maximum atomic E-state index is 11.8. The first kappa shape index (κ1) is 16.7. The highest BCUT2D eigenvalue weighted by molar-refractivity contribution is 6.74. The van der Waals surface area contributed by atoms with Gasteiger partial charge in [0.25, 0.3) is 0 Å². The quantitative estimate of drug-likeness (QED) is 0.692. The molecule has 0 radical (unpaired) electrons. The van der Waals surface area contributed by atoms with Gasteiger partial charge in [0.2, 0.25) is 0 Å². The van der Waals surface area contributed by atoms with Crippen molar-refractivity contribution in [1.29, 1.82) is 0 Å². The molecule has 0 atom stereocenters. The van der Waals surface area contributed by atoms with Gasteiger partial charge in [0.15, 0.2) is 14.1 Å². The first-order valence-electron chi connectivity index (χ1n) is 8.16. The Labute approximate surface area is 130 Å². The average molecular weight is 307 g/mol. The van der Waals surface area contributed by atoms with Gasteiger partial charge in [-0.2, -0.15) is 0 Å². The van der Waals surface area contributed by atoms with Crippen LogP contribution in [0.25, 0.3) is 0 Å². The molecule has 3 heteroatoms. The van der Waals surface area contributed by atoms with Crippen LogP contribution in [-0.4, -0.2) is 20.7 Å². The van der Waals surface area contributed by atoms with E-state index in [4.69, 9.17) is 4.43 Å². The molecule has 2 rings (SSSR count).